The molecule has 0 fully saturated rings. The molecule has 0 unspecified atom stereocenters. The van der Waals surface area contributed by atoms with Gasteiger partial charge in [-0.2, -0.15) is 0 Å². The topological polar surface area (TPSA) is 94.5 Å². The average Bonchev–Trinajstić information content (AvgIpc) is 3.59. The molecule has 0 saturated carbocycles. The molecule has 0 aliphatic heterocycles. The summed E-state index contributed by atoms with van der Waals surface area (Å²) in [7, 11) is 0. The van der Waals surface area contributed by atoms with Crippen molar-refractivity contribution in [1.29, 1.82) is 0 Å². The van der Waals surface area contributed by atoms with E-state index in [1.807, 2.05) is 48.5 Å². The smallest absolute Gasteiger partial charge is 0.338 e. The van der Waals surface area contributed by atoms with Gasteiger partial charge in [-0.05, 0) is 92.2 Å². The summed E-state index contributed by atoms with van der Waals surface area (Å²) in [5, 5.41) is 1.06. The second-order valence-electron chi connectivity index (χ2n) is 10.1. The molecule has 46 heavy (non-hydrogen) atoms. The third-order valence-electron chi connectivity index (χ3n) is 7.02. The maximum atomic E-state index is 12.9. The van der Waals surface area contributed by atoms with Gasteiger partial charge < -0.3 is 14.4 Å². The summed E-state index contributed by atoms with van der Waals surface area (Å²) in [4.78, 5) is 42.4. The van der Waals surface area contributed by atoms with E-state index in [-0.39, 0.29) is 13.2 Å². The predicted molar refractivity (Wildman–Crippen MR) is 181 cm³/mol. The van der Waals surface area contributed by atoms with Crippen LogP contribution in [0.15, 0.2) is 122 Å². The highest BCUT2D eigenvalue weighted by atomic mass is 32.1. The molecule has 0 aliphatic carbocycles. The molecule has 0 aliphatic rings. The first kappa shape index (κ1) is 30.4. The van der Waals surface area contributed by atoms with E-state index in [4.69, 9.17) is 14.5 Å². The minimum absolute atomic E-state index is 0.222. The van der Waals surface area contributed by atoms with Crippen molar-refractivity contribution in [1.82, 2.24) is 15.0 Å². The zero-order valence-corrected chi connectivity index (χ0v) is 26.1. The third kappa shape index (κ3) is 6.69. The van der Waals surface area contributed by atoms with Gasteiger partial charge in [0.25, 0.3) is 0 Å². The second-order valence-corrected chi connectivity index (χ2v) is 11.1. The van der Waals surface area contributed by atoms with Gasteiger partial charge in [-0.1, -0.05) is 36.4 Å². The maximum Gasteiger partial charge on any atom is 0.338 e. The standard InChI is InChI=1S/C37H30N4O4S/c1-3-44-36(42)26-18-20-39-31(22-26)33-24-27(37(43)45-4-2)23-32(40-33)30-21-25(17-19-38-30)34-15-16-35(46-34)41(28-11-7-5-8-12-28)29-13-9-6-10-14-29/h5-24H,3-4H2,1-2H3. The first-order valence-corrected chi connectivity index (χ1v) is 15.6. The van der Waals surface area contributed by atoms with Crippen LogP contribution in [-0.4, -0.2) is 40.1 Å². The van der Waals surface area contributed by atoms with Gasteiger partial charge in [-0.25, -0.2) is 14.6 Å². The Balaban J connectivity index is 1.39. The van der Waals surface area contributed by atoms with E-state index < -0.39 is 11.9 Å². The van der Waals surface area contributed by atoms with Crippen LogP contribution >= 0.6 is 11.3 Å². The minimum atomic E-state index is -0.491. The summed E-state index contributed by atoms with van der Waals surface area (Å²) in [6.07, 6.45) is 3.25. The van der Waals surface area contributed by atoms with E-state index >= 15 is 0 Å². The highest BCUT2D eigenvalue weighted by Crippen LogP contribution is 2.42. The van der Waals surface area contributed by atoms with Crippen molar-refractivity contribution in [2.75, 3.05) is 18.1 Å². The normalized spacial score (nSPS) is 10.7. The van der Waals surface area contributed by atoms with Gasteiger partial charge >= 0.3 is 11.9 Å². The molecule has 4 aromatic heterocycles. The summed E-state index contributed by atoms with van der Waals surface area (Å²) >= 11 is 1.66. The van der Waals surface area contributed by atoms with E-state index in [1.54, 1.807) is 55.6 Å². The predicted octanol–water partition coefficient (Wildman–Crippen LogP) is 8.76. The first-order chi connectivity index (χ1) is 22.5. The number of ether oxygens (including phenoxy) is 2. The fraction of sp³-hybridized carbons (Fsp3) is 0.108. The molecule has 9 heteroatoms. The quantitative estimate of drug-likeness (QED) is 0.139. The summed E-state index contributed by atoms with van der Waals surface area (Å²) in [6.45, 7) is 3.97. The SMILES string of the molecule is CCOC(=O)c1ccnc(-c2cc(C(=O)OCC)cc(-c3cc(-c4ccc(N(c5ccccc5)c5ccccc5)s4)ccn3)n2)c1. The molecule has 2 aromatic carbocycles. The molecule has 6 rings (SSSR count). The summed E-state index contributed by atoms with van der Waals surface area (Å²) in [5.41, 5.74) is 5.58. The van der Waals surface area contributed by atoms with Crippen LogP contribution in [0.3, 0.4) is 0 Å². The molecule has 0 saturated heterocycles. The molecule has 6 aromatic rings. The largest absolute Gasteiger partial charge is 0.462 e. The number of carbonyl (C=O) groups is 2. The van der Waals surface area contributed by atoms with Crippen molar-refractivity contribution in [3.63, 3.8) is 0 Å². The number of benzene rings is 2. The summed E-state index contributed by atoms with van der Waals surface area (Å²) in [5.74, 6) is -0.953. The number of hydrogen-bond acceptors (Lipinski definition) is 9. The number of thiophene rings is 1. The molecule has 0 radical (unpaired) electrons. The molecule has 8 nitrogen and oxygen atoms in total. The van der Waals surface area contributed by atoms with E-state index in [2.05, 4.69) is 51.3 Å². The lowest BCUT2D eigenvalue weighted by Gasteiger charge is -2.23. The van der Waals surface area contributed by atoms with Crippen molar-refractivity contribution in [2.24, 2.45) is 0 Å². The number of nitrogens with zero attached hydrogens (tertiary/aromatic N) is 4. The highest BCUT2D eigenvalue weighted by molar-refractivity contribution is 7.19. The van der Waals surface area contributed by atoms with E-state index in [9.17, 15) is 9.59 Å². The molecule has 0 N–H and O–H groups in total. The zero-order valence-electron chi connectivity index (χ0n) is 25.3. The number of para-hydroxylation sites is 2. The molecular weight excluding hydrogens is 596 g/mol. The van der Waals surface area contributed by atoms with Crippen LogP contribution in [0, 0.1) is 0 Å². The van der Waals surface area contributed by atoms with Crippen molar-refractivity contribution in [3.05, 3.63) is 133 Å². The van der Waals surface area contributed by atoms with Gasteiger partial charge in [0.05, 0.1) is 47.1 Å². The lowest BCUT2D eigenvalue weighted by atomic mass is 10.1. The number of carbonyl (C=O) groups excluding carboxylic acids is 2. The Hall–Kier alpha value is -5.67. The van der Waals surface area contributed by atoms with Crippen LogP contribution in [0.25, 0.3) is 33.2 Å². The molecule has 4 heterocycles. The molecule has 0 amide bonds. The summed E-state index contributed by atoms with van der Waals surface area (Å²) < 4.78 is 10.5. The Morgan fingerprint density at radius 2 is 1.17 bits per heavy atom. The summed E-state index contributed by atoms with van der Waals surface area (Å²) in [6, 6.07) is 35.1. The molecule has 0 spiro atoms. The second kappa shape index (κ2) is 14.0. The number of rotatable bonds is 10. The number of anilines is 3. The van der Waals surface area contributed by atoms with Gasteiger partial charge in [0.2, 0.25) is 0 Å². The van der Waals surface area contributed by atoms with Crippen molar-refractivity contribution < 1.29 is 19.1 Å². The molecule has 0 bridgehead atoms. The lowest BCUT2D eigenvalue weighted by Crippen LogP contribution is -2.07. The van der Waals surface area contributed by atoms with E-state index in [0.29, 0.717) is 33.9 Å². The average molecular weight is 627 g/mol. The number of esters is 2. The highest BCUT2D eigenvalue weighted by Gasteiger charge is 2.18. The van der Waals surface area contributed by atoms with Crippen molar-refractivity contribution >= 4 is 39.7 Å². The molecule has 0 atom stereocenters. The van der Waals surface area contributed by atoms with Crippen LogP contribution in [0.1, 0.15) is 34.6 Å². The van der Waals surface area contributed by atoms with Gasteiger partial charge in [-0.15, -0.1) is 11.3 Å². The van der Waals surface area contributed by atoms with Crippen LogP contribution in [0.5, 0.6) is 0 Å². The number of hydrogen-bond donors (Lipinski definition) is 0. The van der Waals surface area contributed by atoms with Crippen LogP contribution in [-0.2, 0) is 9.47 Å². The van der Waals surface area contributed by atoms with Crippen molar-refractivity contribution in [3.8, 4) is 33.2 Å². The Kier molecular flexibility index (Phi) is 9.22. The van der Waals surface area contributed by atoms with Crippen molar-refractivity contribution in [2.45, 2.75) is 13.8 Å². The minimum Gasteiger partial charge on any atom is -0.462 e. The van der Waals surface area contributed by atoms with Gasteiger partial charge in [0.15, 0.2) is 0 Å². The molecule has 228 valence electrons. The molecular formula is C37H30N4O4S. The Bertz CT molecular complexity index is 1940. The fourth-order valence-electron chi connectivity index (χ4n) is 4.92. The number of aromatic nitrogens is 3. The van der Waals surface area contributed by atoms with Gasteiger partial charge in [-0.3, -0.25) is 9.97 Å². The van der Waals surface area contributed by atoms with Gasteiger partial charge in [0.1, 0.15) is 5.00 Å². The maximum absolute atomic E-state index is 12.9. The first-order valence-electron chi connectivity index (χ1n) is 14.8. The van der Waals surface area contributed by atoms with E-state index in [0.717, 1.165) is 26.8 Å². The Morgan fingerprint density at radius 3 is 1.78 bits per heavy atom. The fourth-order valence-corrected chi connectivity index (χ4v) is 5.97. The Morgan fingerprint density at radius 1 is 0.630 bits per heavy atom. The lowest BCUT2D eigenvalue weighted by molar-refractivity contribution is 0.0516. The van der Waals surface area contributed by atoms with E-state index in [1.165, 1.54) is 6.20 Å². The third-order valence-corrected chi connectivity index (χ3v) is 8.14. The van der Waals surface area contributed by atoms with Gasteiger partial charge in [0, 0.05) is 28.6 Å². The van der Waals surface area contributed by atoms with Crippen LogP contribution < -0.4 is 4.90 Å². The van der Waals surface area contributed by atoms with Crippen LogP contribution in [0.4, 0.5) is 16.4 Å². The number of pyridine rings is 3. The van der Waals surface area contributed by atoms with Crippen LogP contribution in [0.2, 0.25) is 0 Å². The zero-order chi connectivity index (χ0) is 31.9. The monoisotopic (exact) mass is 626 g/mol. The Labute approximate surface area is 271 Å².